The molecule has 0 aliphatic rings. The summed E-state index contributed by atoms with van der Waals surface area (Å²) in [5.74, 6) is 0.737. The van der Waals surface area contributed by atoms with Crippen molar-refractivity contribution >= 4 is 23.5 Å². The molecule has 8 heteroatoms. The Morgan fingerprint density at radius 1 is 0.938 bits per heavy atom. The predicted molar refractivity (Wildman–Crippen MR) is 123 cm³/mol. The molecule has 0 atom stereocenters. The second kappa shape index (κ2) is 9.47. The van der Waals surface area contributed by atoms with E-state index in [0.717, 1.165) is 16.9 Å². The van der Waals surface area contributed by atoms with E-state index < -0.39 is 11.7 Å². The number of aromatic nitrogens is 2. The van der Waals surface area contributed by atoms with Crippen molar-refractivity contribution in [3.8, 4) is 17.0 Å². The van der Waals surface area contributed by atoms with Gasteiger partial charge in [-0.25, -0.2) is 14.8 Å². The molecule has 0 aliphatic carbocycles. The highest BCUT2D eigenvalue weighted by Gasteiger charge is 2.18. The standard InChI is InChI=1S/C24H26N4O4/c1-15-6-7-17(12-19(15)27-23(30)32-24(2,3)4)22(29)28-21-13-20(25-14-26-21)16-8-10-18(31-5)11-9-16/h6-14H,1-5H3,(H,27,30)(H,25,26,28,29). The first-order valence-corrected chi connectivity index (χ1v) is 10.0. The number of benzene rings is 2. The highest BCUT2D eigenvalue weighted by molar-refractivity contribution is 6.05. The van der Waals surface area contributed by atoms with E-state index in [1.54, 1.807) is 52.1 Å². The second-order valence-corrected chi connectivity index (χ2v) is 8.13. The Morgan fingerprint density at radius 3 is 2.31 bits per heavy atom. The van der Waals surface area contributed by atoms with E-state index >= 15 is 0 Å². The molecule has 1 aromatic heterocycles. The van der Waals surface area contributed by atoms with Crippen molar-refractivity contribution < 1.29 is 19.1 Å². The summed E-state index contributed by atoms with van der Waals surface area (Å²) in [6.07, 6.45) is 0.804. The number of hydrogen-bond donors (Lipinski definition) is 2. The first-order chi connectivity index (χ1) is 15.1. The molecule has 0 fully saturated rings. The van der Waals surface area contributed by atoms with Gasteiger partial charge in [0, 0.05) is 22.9 Å². The van der Waals surface area contributed by atoms with Gasteiger partial charge in [0.05, 0.1) is 12.8 Å². The zero-order valence-electron chi connectivity index (χ0n) is 18.7. The zero-order valence-corrected chi connectivity index (χ0v) is 18.7. The van der Waals surface area contributed by atoms with Gasteiger partial charge in [-0.1, -0.05) is 6.07 Å². The van der Waals surface area contributed by atoms with Crippen LogP contribution in [0.1, 0.15) is 36.7 Å². The number of methoxy groups -OCH3 is 1. The summed E-state index contributed by atoms with van der Waals surface area (Å²) in [4.78, 5) is 33.3. The molecule has 0 radical (unpaired) electrons. The number of nitrogens with zero attached hydrogens (tertiary/aromatic N) is 2. The number of ether oxygens (including phenoxy) is 2. The minimum atomic E-state index is -0.623. The number of rotatable bonds is 5. The SMILES string of the molecule is COc1ccc(-c2cc(NC(=O)c3ccc(C)c(NC(=O)OC(C)(C)C)c3)ncn2)cc1. The lowest BCUT2D eigenvalue weighted by Crippen LogP contribution is -2.27. The minimum absolute atomic E-state index is 0.359. The molecule has 0 saturated heterocycles. The van der Waals surface area contributed by atoms with Gasteiger partial charge in [-0.3, -0.25) is 10.1 Å². The van der Waals surface area contributed by atoms with Gasteiger partial charge in [-0.2, -0.15) is 0 Å². The van der Waals surface area contributed by atoms with E-state index in [0.29, 0.717) is 22.8 Å². The lowest BCUT2D eigenvalue weighted by Gasteiger charge is -2.20. The normalized spacial score (nSPS) is 10.9. The molecule has 3 aromatic rings. The molecule has 8 nitrogen and oxygen atoms in total. The average Bonchev–Trinajstić information content (AvgIpc) is 2.74. The fourth-order valence-electron chi connectivity index (χ4n) is 2.85. The zero-order chi connectivity index (χ0) is 23.3. The molecule has 0 bridgehead atoms. The average molecular weight is 434 g/mol. The van der Waals surface area contributed by atoms with Crippen LogP contribution in [0.5, 0.6) is 5.75 Å². The fourth-order valence-corrected chi connectivity index (χ4v) is 2.85. The van der Waals surface area contributed by atoms with Crippen molar-refractivity contribution in [3.05, 3.63) is 66.0 Å². The highest BCUT2D eigenvalue weighted by atomic mass is 16.6. The van der Waals surface area contributed by atoms with Gasteiger partial charge in [0.15, 0.2) is 0 Å². The molecular weight excluding hydrogens is 408 g/mol. The van der Waals surface area contributed by atoms with Crippen molar-refractivity contribution in [3.63, 3.8) is 0 Å². The van der Waals surface area contributed by atoms with E-state index in [9.17, 15) is 9.59 Å². The predicted octanol–water partition coefficient (Wildman–Crippen LogP) is 5.06. The molecule has 0 saturated carbocycles. The van der Waals surface area contributed by atoms with Gasteiger partial charge >= 0.3 is 6.09 Å². The van der Waals surface area contributed by atoms with Gasteiger partial charge in [-0.15, -0.1) is 0 Å². The quantitative estimate of drug-likeness (QED) is 0.582. The van der Waals surface area contributed by atoms with Crippen LogP contribution in [0.4, 0.5) is 16.3 Å². The smallest absolute Gasteiger partial charge is 0.412 e. The monoisotopic (exact) mass is 434 g/mol. The largest absolute Gasteiger partial charge is 0.497 e. The van der Waals surface area contributed by atoms with Crippen LogP contribution in [-0.2, 0) is 4.74 Å². The summed E-state index contributed by atoms with van der Waals surface area (Å²) in [7, 11) is 1.60. The Hall–Kier alpha value is -3.94. The number of carbonyl (C=O) groups is 2. The molecule has 0 spiro atoms. The number of amides is 2. The number of nitrogens with one attached hydrogen (secondary N) is 2. The molecule has 3 rings (SSSR count). The van der Waals surface area contributed by atoms with Gasteiger partial charge in [0.2, 0.25) is 0 Å². The highest BCUT2D eigenvalue weighted by Crippen LogP contribution is 2.23. The molecule has 2 N–H and O–H groups in total. The van der Waals surface area contributed by atoms with Crippen LogP contribution in [0.15, 0.2) is 54.9 Å². The third-order valence-corrected chi connectivity index (χ3v) is 4.43. The molecule has 166 valence electrons. The van der Waals surface area contributed by atoms with Crippen LogP contribution in [0.3, 0.4) is 0 Å². The summed E-state index contributed by atoms with van der Waals surface area (Å²) in [5, 5.41) is 5.46. The molecular formula is C24H26N4O4. The van der Waals surface area contributed by atoms with Gasteiger partial charge < -0.3 is 14.8 Å². The Bertz CT molecular complexity index is 1120. The molecule has 32 heavy (non-hydrogen) atoms. The van der Waals surface area contributed by atoms with E-state index in [1.165, 1.54) is 6.33 Å². The molecule has 2 amide bonds. The fraction of sp³-hybridized carbons (Fsp3) is 0.250. The number of aryl methyl sites for hydroxylation is 1. The van der Waals surface area contributed by atoms with Crippen molar-refractivity contribution in [1.29, 1.82) is 0 Å². The van der Waals surface area contributed by atoms with Crippen molar-refractivity contribution in [2.75, 3.05) is 17.7 Å². The Kier molecular flexibility index (Phi) is 6.73. The summed E-state index contributed by atoms with van der Waals surface area (Å²) in [6.45, 7) is 7.18. The Balaban J connectivity index is 1.75. The van der Waals surface area contributed by atoms with Crippen LogP contribution in [0.25, 0.3) is 11.3 Å². The van der Waals surface area contributed by atoms with E-state index in [2.05, 4.69) is 20.6 Å². The van der Waals surface area contributed by atoms with Gasteiger partial charge in [0.1, 0.15) is 23.5 Å². The summed E-state index contributed by atoms with van der Waals surface area (Å²) in [6, 6.07) is 14.1. The topological polar surface area (TPSA) is 102 Å². The van der Waals surface area contributed by atoms with Crippen LogP contribution in [0.2, 0.25) is 0 Å². The summed E-state index contributed by atoms with van der Waals surface area (Å²) < 4.78 is 10.5. The minimum Gasteiger partial charge on any atom is -0.497 e. The maximum Gasteiger partial charge on any atom is 0.412 e. The van der Waals surface area contributed by atoms with E-state index in [-0.39, 0.29) is 5.91 Å². The molecule has 1 heterocycles. The number of hydrogen-bond acceptors (Lipinski definition) is 6. The van der Waals surface area contributed by atoms with Crippen molar-refractivity contribution in [2.24, 2.45) is 0 Å². The number of anilines is 2. The van der Waals surface area contributed by atoms with Gasteiger partial charge in [-0.05, 0) is 69.7 Å². The summed E-state index contributed by atoms with van der Waals surface area (Å²) >= 11 is 0. The van der Waals surface area contributed by atoms with Crippen molar-refractivity contribution in [2.45, 2.75) is 33.3 Å². The third-order valence-electron chi connectivity index (χ3n) is 4.43. The maximum atomic E-state index is 12.8. The van der Waals surface area contributed by atoms with Gasteiger partial charge in [0.25, 0.3) is 5.91 Å². The van der Waals surface area contributed by atoms with Crippen LogP contribution in [-0.4, -0.2) is 34.7 Å². The molecule has 2 aromatic carbocycles. The molecule has 0 aliphatic heterocycles. The summed E-state index contributed by atoms with van der Waals surface area (Å²) in [5.41, 5.74) is 2.56. The van der Waals surface area contributed by atoms with Crippen LogP contribution in [0, 0.1) is 6.92 Å². The van der Waals surface area contributed by atoms with E-state index in [4.69, 9.17) is 9.47 Å². The number of carbonyl (C=O) groups excluding carboxylic acids is 2. The van der Waals surface area contributed by atoms with Crippen LogP contribution < -0.4 is 15.4 Å². The van der Waals surface area contributed by atoms with E-state index in [1.807, 2.05) is 31.2 Å². The third kappa shape index (κ3) is 6.04. The molecule has 0 unspecified atom stereocenters. The maximum absolute atomic E-state index is 12.8. The van der Waals surface area contributed by atoms with Crippen molar-refractivity contribution in [1.82, 2.24) is 9.97 Å². The van der Waals surface area contributed by atoms with Crippen LogP contribution >= 0.6 is 0 Å². The lowest BCUT2D eigenvalue weighted by atomic mass is 10.1. The second-order valence-electron chi connectivity index (χ2n) is 8.13. The first-order valence-electron chi connectivity index (χ1n) is 10.0. The Morgan fingerprint density at radius 2 is 1.66 bits per heavy atom. The lowest BCUT2D eigenvalue weighted by molar-refractivity contribution is 0.0635. The Labute approximate surface area is 187 Å². The first kappa shape index (κ1) is 22.7.